The van der Waals surface area contributed by atoms with Gasteiger partial charge in [0.25, 0.3) is 5.91 Å². The molecule has 4 heterocycles. The molecule has 0 aliphatic carbocycles. The molecule has 1 aromatic heterocycles. The minimum Gasteiger partial charge on any atom is -0.451 e. The zero-order valence-electron chi connectivity index (χ0n) is 23.9. The van der Waals surface area contributed by atoms with Gasteiger partial charge < -0.3 is 24.4 Å². The average Bonchev–Trinajstić information content (AvgIpc) is 3.52. The summed E-state index contributed by atoms with van der Waals surface area (Å²) in [5.74, 6) is -0.0893. The number of likely N-dealkylation sites (tertiary alicyclic amines) is 1. The molecule has 1 N–H and O–H groups in total. The Morgan fingerprint density at radius 2 is 2.02 bits per heavy atom. The highest BCUT2D eigenvalue weighted by Gasteiger charge is 2.33. The number of anilines is 1. The monoisotopic (exact) mass is 569 g/mol. The van der Waals surface area contributed by atoms with E-state index >= 15 is 4.39 Å². The number of rotatable bonds is 8. The maximum atomic E-state index is 16.2. The Labute approximate surface area is 244 Å². The van der Waals surface area contributed by atoms with Crippen LogP contribution in [0.15, 0.2) is 70.7 Å². The van der Waals surface area contributed by atoms with E-state index in [1.54, 1.807) is 23.1 Å². The Bertz CT molecular complexity index is 1650. The number of benzene rings is 2. The maximum absolute atomic E-state index is 16.2. The molecule has 0 bridgehead atoms. The first kappa shape index (κ1) is 27.9. The first-order chi connectivity index (χ1) is 20.5. The highest BCUT2D eigenvalue weighted by molar-refractivity contribution is 6.01. The fraction of sp³-hybridized carbons (Fsp3) is 0.364. The van der Waals surface area contributed by atoms with E-state index in [-0.39, 0.29) is 16.9 Å². The largest absolute Gasteiger partial charge is 0.451 e. The van der Waals surface area contributed by atoms with Crippen molar-refractivity contribution in [2.75, 3.05) is 44.2 Å². The number of carbonyl (C=O) groups excluding carboxylic acids is 1. The number of piperidine rings is 1. The van der Waals surface area contributed by atoms with Crippen LogP contribution in [0.4, 0.5) is 10.1 Å². The number of ether oxygens (including phenoxy) is 1. The van der Waals surface area contributed by atoms with Crippen LogP contribution in [-0.2, 0) is 0 Å². The number of aromatic nitrogens is 1. The van der Waals surface area contributed by atoms with E-state index < -0.39 is 17.2 Å². The van der Waals surface area contributed by atoms with Gasteiger partial charge in [0.2, 0.25) is 5.43 Å². The summed E-state index contributed by atoms with van der Waals surface area (Å²) in [6.45, 7) is 10.1. The topological polar surface area (TPSA) is 79.2 Å². The van der Waals surface area contributed by atoms with Gasteiger partial charge in [-0.25, -0.2) is 4.39 Å². The lowest BCUT2D eigenvalue weighted by molar-refractivity contribution is 0.0948. The Kier molecular flexibility index (Phi) is 7.93. The lowest BCUT2D eigenvalue weighted by atomic mass is 9.93. The molecule has 8 nitrogen and oxygen atoms in total. The van der Waals surface area contributed by atoms with Crippen molar-refractivity contribution in [2.24, 2.45) is 10.9 Å². The molecule has 218 valence electrons. The number of halogens is 1. The Hall–Kier alpha value is -4.24. The van der Waals surface area contributed by atoms with Crippen LogP contribution in [0.3, 0.4) is 0 Å². The van der Waals surface area contributed by atoms with Crippen molar-refractivity contribution in [3.8, 4) is 17.2 Å². The molecule has 2 saturated heterocycles. The molecule has 0 saturated carbocycles. The molecule has 2 aromatic carbocycles. The van der Waals surface area contributed by atoms with Crippen LogP contribution in [0.25, 0.3) is 16.6 Å². The molecule has 1 atom stereocenters. The van der Waals surface area contributed by atoms with Crippen molar-refractivity contribution in [3.05, 3.63) is 82.6 Å². The molecule has 2 fully saturated rings. The van der Waals surface area contributed by atoms with Crippen molar-refractivity contribution < 1.29 is 13.9 Å². The fourth-order valence-corrected chi connectivity index (χ4v) is 6.42. The van der Waals surface area contributed by atoms with E-state index in [2.05, 4.69) is 21.8 Å². The van der Waals surface area contributed by atoms with E-state index in [9.17, 15) is 9.59 Å². The van der Waals surface area contributed by atoms with E-state index in [1.165, 1.54) is 18.9 Å². The van der Waals surface area contributed by atoms with Gasteiger partial charge in [0, 0.05) is 50.2 Å². The summed E-state index contributed by atoms with van der Waals surface area (Å²) < 4.78 is 24.3. The van der Waals surface area contributed by atoms with Crippen molar-refractivity contribution in [2.45, 2.75) is 32.6 Å². The number of amides is 1. The number of allylic oxidation sites excluding steroid dienone is 2. The zero-order valence-corrected chi connectivity index (χ0v) is 23.9. The standard InChI is InChI=1S/C33H36FN5O3/c1-3-13-35-26(4-2)22-10-9-17-38(20-22)30-25(34)19-23-29-32(30)42-28-12-6-5-11-27(28)39(29)21-24(31(23)40)33(41)36-14-18-37-15-7-8-16-37/h3-6,11-13,19,21-22H,1,7-10,14-18,20H2,2H3,(H,36,41)/b26-4-,35-13?. The third-order valence-corrected chi connectivity index (χ3v) is 8.45. The van der Waals surface area contributed by atoms with E-state index in [0.29, 0.717) is 48.0 Å². The maximum Gasteiger partial charge on any atom is 0.256 e. The molecular weight excluding hydrogens is 533 g/mol. The summed E-state index contributed by atoms with van der Waals surface area (Å²) >= 11 is 0. The smallest absolute Gasteiger partial charge is 0.256 e. The zero-order chi connectivity index (χ0) is 29.2. The number of nitrogens with one attached hydrogen (secondary N) is 1. The average molecular weight is 570 g/mol. The number of aliphatic imine (C=N–C) groups is 1. The van der Waals surface area contributed by atoms with Gasteiger partial charge in [-0.15, -0.1) is 0 Å². The fourth-order valence-electron chi connectivity index (χ4n) is 6.42. The van der Waals surface area contributed by atoms with Gasteiger partial charge in [-0.1, -0.05) is 30.9 Å². The minimum atomic E-state index is -0.551. The van der Waals surface area contributed by atoms with Gasteiger partial charge in [-0.3, -0.25) is 14.6 Å². The van der Waals surface area contributed by atoms with Gasteiger partial charge in [-0.2, -0.15) is 0 Å². The molecule has 3 aromatic rings. The third-order valence-electron chi connectivity index (χ3n) is 8.45. The SMILES string of the molecule is C=CC=N/C(=C\C)C1CCCN(c2c(F)cc3c(=O)c(C(=O)NCCN4CCCC4)cn4c3c2Oc2ccccc2-4)C1. The van der Waals surface area contributed by atoms with Gasteiger partial charge in [-0.05, 0) is 63.9 Å². The highest BCUT2D eigenvalue weighted by atomic mass is 19.1. The summed E-state index contributed by atoms with van der Waals surface area (Å²) in [5.41, 5.74) is 1.86. The summed E-state index contributed by atoms with van der Waals surface area (Å²) in [6.07, 6.45) is 11.0. The van der Waals surface area contributed by atoms with Crippen LogP contribution in [0.2, 0.25) is 0 Å². The minimum absolute atomic E-state index is 0.0189. The van der Waals surface area contributed by atoms with Crippen molar-refractivity contribution in [1.82, 2.24) is 14.8 Å². The van der Waals surface area contributed by atoms with Crippen LogP contribution in [0.5, 0.6) is 11.5 Å². The summed E-state index contributed by atoms with van der Waals surface area (Å²) in [7, 11) is 0. The van der Waals surface area contributed by atoms with Gasteiger partial charge >= 0.3 is 0 Å². The highest BCUT2D eigenvalue weighted by Crippen LogP contribution is 2.47. The Morgan fingerprint density at radius 1 is 1.21 bits per heavy atom. The van der Waals surface area contributed by atoms with Crippen LogP contribution in [-0.4, -0.2) is 60.9 Å². The molecular formula is C33H36FN5O3. The summed E-state index contributed by atoms with van der Waals surface area (Å²) in [4.78, 5) is 35.8. The number of hydrogen-bond donors (Lipinski definition) is 1. The lowest BCUT2D eigenvalue weighted by Gasteiger charge is -2.36. The predicted octanol–water partition coefficient (Wildman–Crippen LogP) is 5.44. The van der Waals surface area contributed by atoms with Gasteiger partial charge in [0.1, 0.15) is 16.8 Å². The number of para-hydroxylation sites is 2. The number of nitrogens with zero attached hydrogens (tertiary/aromatic N) is 4. The van der Waals surface area contributed by atoms with E-state index in [4.69, 9.17) is 4.74 Å². The normalized spacial score (nSPS) is 18.8. The van der Waals surface area contributed by atoms with Crippen molar-refractivity contribution >= 4 is 28.7 Å². The molecule has 42 heavy (non-hydrogen) atoms. The molecule has 1 amide bonds. The molecule has 3 aliphatic rings. The Balaban J connectivity index is 1.42. The number of hydrogen-bond acceptors (Lipinski definition) is 6. The first-order valence-electron chi connectivity index (χ1n) is 14.8. The van der Waals surface area contributed by atoms with Crippen LogP contribution in [0, 0.1) is 11.7 Å². The van der Waals surface area contributed by atoms with E-state index in [0.717, 1.165) is 38.2 Å². The van der Waals surface area contributed by atoms with Crippen molar-refractivity contribution in [3.63, 3.8) is 0 Å². The number of fused-ring (bicyclic) bond motifs is 2. The van der Waals surface area contributed by atoms with Crippen LogP contribution < -0.4 is 20.4 Å². The molecule has 0 radical (unpaired) electrons. The first-order valence-corrected chi connectivity index (χ1v) is 14.8. The number of carbonyl (C=O) groups is 1. The second kappa shape index (κ2) is 11.9. The predicted molar refractivity (Wildman–Crippen MR) is 165 cm³/mol. The van der Waals surface area contributed by atoms with E-state index in [1.807, 2.05) is 42.2 Å². The lowest BCUT2D eigenvalue weighted by Crippen LogP contribution is -2.37. The second-order valence-corrected chi connectivity index (χ2v) is 11.1. The van der Waals surface area contributed by atoms with Gasteiger partial charge in [0.15, 0.2) is 17.3 Å². The van der Waals surface area contributed by atoms with Crippen LogP contribution in [0.1, 0.15) is 43.0 Å². The molecule has 6 rings (SSSR count). The Morgan fingerprint density at radius 3 is 2.81 bits per heavy atom. The third kappa shape index (κ3) is 5.13. The molecule has 1 unspecified atom stereocenters. The summed E-state index contributed by atoms with van der Waals surface area (Å²) in [6, 6.07) is 8.67. The molecule has 0 spiro atoms. The second-order valence-electron chi connectivity index (χ2n) is 11.1. The number of pyridine rings is 1. The van der Waals surface area contributed by atoms with Crippen molar-refractivity contribution in [1.29, 1.82) is 0 Å². The summed E-state index contributed by atoms with van der Waals surface area (Å²) in [5, 5.41) is 3.02. The van der Waals surface area contributed by atoms with Gasteiger partial charge in [0.05, 0.1) is 11.1 Å². The van der Waals surface area contributed by atoms with Crippen LogP contribution >= 0.6 is 0 Å². The quantitative estimate of drug-likeness (QED) is 0.286. The molecule has 9 heteroatoms. The molecule has 3 aliphatic heterocycles.